The second kappa shape index (κ2) is 6.77. The van der Waals surface area contributed by atoms with E-state index >= 15 is 0 Å². The largest absolute Gasteiger partial charge is 0.455 e. The molecule has 0 bridgehead atoms. The maximum absolute atomic E-state index is 13.0. The van der Waals surface area contributed by atoms with Crippen LogP contribution in [0.3, 0.4) is 0 Å². The van der Waals surface area contributed by atoms with E-state index < -0.39 is 0 Å². The molecule has 0 aliphatic heterocycles. The molecule has 0 fully saturated rings. The van der Waals surface area contributed by atoms with Crippen LogP contribution in [0.25, 0.3) is 22.3 Å². The summed E-state index contributed by atoms with van der Waals surface area (Å²) in [5.74, 6) is 0.513. The van der Waals surface area contributed by atoms with Gasteiger partial charge >= 0.3 is 0 Å². The number of hydrogen-bond donors (Lipinski definition) is 3. The fourth-order valence-corrected chi connectivity index (χ4v) is 3.23. The first-order valence-electron chi connectivity index (χ1n) is 8.53. The van der Waals surface area contributed by atoms with Crippen LogP contribution in [-0.2, 0) is 0 Å². The van der Waals surface area contributed by atoms with Crippen molar-refractivity contribution in [3.05, 3.63) is 62.8 Å². The summed E-state index contributed by atoms with van der Waals surface area (Å²) in [4.78, 5) is 13.0. The van der Waals surface area contributed by atoms with Gasteiger partial charge in [-0.25, -0.2) is 0 Å². The van der Waals surface area contributed by atoms with Crippen LogP contribution >= 0.6 is 0 Å². The maximum Gasteiger partial charge on any atom is 0.196 e. The average molecular weight is 349 g/mol. The van der Waals surface area contributed by atoms with Crippen molar-refractivity contribution < 1.29 is 4.42 Å². The molecule has 1 atom stereocenters. The Morgan fingerprint density at radius 2 is 1.96 bits per heavy atom. The van der Waals surface area contributed by atoms with Gasteiger partial charge in [-0.05, 0) is 50.6 Å². The standard InChI is InChI=1S/C21H23N3O2/c1-11-7-16(13(3)23)21-17(8-11)19(25)12(2)20(26-21)14-5-6-18(24-4)15(9-14)10-22/h5-10,13,22,24H,23H2,1-4H3. The third kappa shape index (κ3) is 2.91. The average Bonchev–Trinajstić information content (AvgIpc) is 2.63. The minimum Gasteiger partial charge on any atom is -0.455 e. The van der Waals surface area contributed by atoms with Gasteiger partial charge < -0.3 is 20.9 Å². The molecule has 26 heavy (non-hydrogen) atoms. The van der Waals surface area contributed by atoms with Crippen LogP contribution in [0.1, 0.15) is 35.2 Å². The first kappa shape index (κ1) is 17.9. The van der Waals surface area contributed by atoms with E-state index in [1.54, 1.807) is 14.0 Å². The highest BCUT2D eigenvalue weighted by atomic mass is 16.3. The molecule has 0 radical (unpaired) electrons. The summed E-state index contributed by atoms with van der Waals surface area (Å²) in [5.41, 5.74) is 11.3. The van der Waals surface area contributed by atoms with E-state index in [2.05, 4.69) is 5.32 Å². The Balaban J connectivity index is 2.36. The predicted molar refractivity (Wildman–Crippen MR) is 107 cm³/mol. The lowest BCUT2D eigenvalue weighted by molar-refractivity contribution is 0.603. The first-order valence-corrected chi connectivity index (χ1v) is 8.53. The van der Waals surface area contributed by atoms with Gasteiger partial charge in [0.2, 0.25) is 0 Å². The minimum atomic E-state index is -0.250. The van der Waals surface area contributed by atoms with Gasteiger partial charge in [0.25, 0.3) is 0 Å². The quantitative estimate of drug-likeness (QED) is 0.617. The van der Waals surface area contributed by atoms with Crippen molar-refractivity contribution in [1.82, 2.24) is 0 Å². The van der Waals surface area contributed by atoms with E-state index in [0.717, 1.165) is 27.9 Å². The summed E-state index contributed by atoms with van der Waals surface area (Å²) >= 11 is 0. The topological polar surface area (TPSA) is 92.1 Å². The number of rotatable bonds is 4. The lowest BCUT2D eigenvalue weighted by Gasteiger charge is -2.14. The summed E-state index contributed by atoms with van der Waals surface area (Å²) in [6, 6.07) is 9.16. The Labute approximate surface area is 152 Å². The molecule has 1 aromatic heterocycles. The molecule has 4 N–H and O–H groups in total. The third-order valence-electron chi connectivity index (χ3n) is 4.62. The van der Waals surface area contributed by atoms with E-state index in [1.165, 1.54) is 6.21 Å². The minimum absolute atomic E-state index is 0.0547. The SMILES string of the molecule is CNc1ccc(-c2oc3c(C(C)N)cc(C)cc3c(=O)c2C)cc1C=N. The number of benzene rings is 2. The molecule has 5 heteroatoms. The van der Waals surface area contributed by atoms with Crippen molar-refractivity contribution in [2.45, 2.75) is 26.8 Å². The Morgan fingerprint density at radius 3 is 2.58 bits per heavy atom. The predicted octanol–water partition coefficient (Wildman–Crippen LogP) is 4.14. The van der Waals surface area contributed by atoms with Crippen LogP contribution in [0.5, 0.6) is 0 Å². The van der Waals surface area contributed by atoms with Gasteiger partial charge in [0.15, 0.2) is 5.43 Å². The summed E-state index contributed by atoms with van der Waals surface area (Å²) in [5, 5.41) is 11.2. The molecule has 134 valence electrons. The fourth-order valence-electron chi connectivity index (χ4n) is 3.23. The van der Waals surface area contributed by atoms with Crippen LogP contribution < -0.4 is 16.5 Å². The van der Waals surface area contributed by atoms with Crippen LogP contribution in [0.2, 0.25) is 0 Å². The van der Waals surface area contributed by atoms with Crippen molar-refractivity contribution in [2.24, 2.45) is 5.73 Å². The number of hydrogen-bond acceptors (Lipinski definition) is 5. The number of nitrogens with one attached hydrogen (secondary N) is 2. The second-order valence-electron chi connectivity index (χ2n) is 6.60. The van der Waals surface area contributed by atoms with Crippen LogP contribution in [0.15, 0.2) is 39.5 Å². The molecule has 0 aliphatic carbocycles. The lowest BCUT2D eigenvalue weighted by atomic mass is 9.98. The Morgan fingerprint density at radius 1 is 1.23 bits per heavy atom. The Bertz CT molecular complexity index is 1070. The molecule has 5 nitrogen and oxygen atoms in total. The fraction of sp³-hybridized carbons (Fsp3) is 0.238. The Hall–Kier alpha value is -2.92. The van der Waals surface area contributed by atoms with E-state index in [-0.39, 0.29) is 11.5 Å². The summed E-state index contributed by atoms with van der Waals surface area (Å²) < 4.78 is 6.20. The second-order valence-corrected chi connectivity index (χ2v) is 6.60. The normalized spacial score (nSPS) is 12.2. The highest BCUT2D eigenvalue weighted by Gasteiger charge is 2.18. The molecule has 1 heterocycles. The zero-order valence-electron chi connectivity index (χ0n) is 15.4. The van der Waals surface area contributed by atoms with Crippen molar-refractivity contribution in [2.75, 3.05) is 12.4 Å². The number of aryl methyl sites for hydroxylation is 1. The summed E-state index contributed by atoms with van der Waals surface area (Å²) in [6.07, 6.45) is 1.28. The van der Waals surface area contributed by atoms with Gasteiger partial charge in [-0.3, -0.25) is 4.79 Å². The lowest BCUT2D eigenvalue weighted by Crippen LogP contribution is -2.12. The molecule has 0 spiro atoms. The van der Waals surface area contributed by atoms with Gasteiger partial charge in [0.05, 0.1) is 5.39 Å². The van der Waals surface area contributed by atoms with Gasteiger partial charge in [-0.15, -0.1) is 0 Å². The van der Waals surface area contributed by atoms with E-state index in [4.69, 9.17) is 15.6 Å². The highest BCUT2D eigenvalue weighted by Crippen LogP contribution is 2.31. The molecular weight excluding hydrogens is 326 g/mol. The van der Waals surface area contributed by atoms with Crippen molar-refractivity contribution >= 4 is 22.9 Å². The first-order chi connectivity index (χ1) is 12.4. The highest BCUT2D eigenvalue weighted by molar-refractivity contribution is 5.89. The van der Waals surface area contributed by atoms with E-state index in [0.29, 0.717) is 22.3 Å². The molecule has 1 unspecified atom stereocenters. The smallest absolute Gasteiger partial charge is 0.196 e. The third-order valence-corrected chi connectivity index (χ3v) is 4.62. The number of fused-ring (bicyclic) bond motifs is 1. The van der Waals surface area contributed by atoms with Crippen LogP contribution in [0.4, 0.5) is 5.69 Å². The number of anilines is 1. The molecule has 2 aromatic carbocycles. The molecule has 3 rings (SSSR count). The number of nitrogens with two attached hydrogens (primary N) is 1. The van der Waals surface area contributed by atoms with E-state index in [9.17, 15) is 4.79 Å². The summed E-state index contributed by atoms with van der Waals surface area (Å²) in [6.45, 7) is 5.59. The van der Waals surface area contributed by atoms with Gasteiger partial charge in [-0.1, -0.05) is 6.07 Å². The van der Waals surface area contributed by atoms with Crippen molar-refractivity contribution in [3.8, 4) is 11.3 Å². The molecule has 3 aromatic rings. The Kier molecular flexibility index (Phi) is 4.66. The van der Waals surface area contributed by atoms with Crippen LogP contribution in [0, 0.1) is 19.3 Å². The van der Waals surface area contributed by atoms with Gasteiger partial charge in [-0.2, -0.15) is 0 Å². The molecule has 0 saturated heterocycles. The van der Waals surface area contributed by atoms with Crippen molar-refractivity contribution in [3.63, 3.8) is 0 Å². The maximum atomic E-state index is 13.0. The van der Waals surface area contributed by atoms with Crippen LogP contribution in [-0.4, -0.2) is 13.3 Å². The van der Waals surface area contributed by atoms with Gasteiger partial charge in [0.1, 0.15) is 11.3 Å². The van der Waals surface area contributed by atoms with Gasteiger partial charge in [0, 0.05) is 47.2 Å². The summed E-state index contributed by atoms with van der Waals surface area (Å²) in [7, 11) is 1.81. The zero-order chi connectivity index (χ0) is 19.0. The molecule has 0 amide bonds. The van der Waals surface area contributed by atoms with Crippen molar-refractivity contribution in [1.29, 1.82) is 5.41 Å². The van der Waals surface area contributed by atoms with E-state index in [1.807, 2.05) is 44.2 Å². The molecular formula is C21H23N3O2. The molecule has 0 saturated carbocycles. The monoisotopic (exact) mass is 349 g/mol. The zero-order valence-corrected chi connectivity index (χ0v) is 15.4. The molecule has 0 aliphatic rings.